The number of carbonyl (C=O) groups excluding carboxylic acids is 2. The molecular formula is C22H19ClN2O3. The zero-order valence-corrected chi connectivity index (χ0v) is 16.1. The van der Waals surface area contributed by atoms with Crippen LogP contribution in [0.5, 0.6) is 5.75 Å². The molecule has 0 unspecified atom stereocenters. The van der Waals surface area contributed by atoms with Crippen molar-refractivity contribution in [2.75, 3.05) is 18.1 Å². The molecule has 142 valence electrons. The molecule has 4 rings (SSSR count). The summed E-state index contributed by atoms with van der Waals surface area (Å²) in [4.78, 5) is 26.0. The van der Waals surface area contributed by atoms with E-state index in [1.807, 2.05) is 48.5 Å². The van der Waals surface area contributed by atoms with Crippen molar-refractivity contribution in [1.29, 1.82) is 0 Å². The van der Waals surface area contributed by atoms with Gasteiger partial charge in [-0.25, -0.2) is 0 Å². The predicted molar refractivity (Wildman–Crippen MR) is 110 cm³/mol. The molecule has 1 aliphatic heterocycles. The highest BCUT2D eigenvalue weighted by molar-refractivity contribution is 6.34. The van der Waals surface area contributed by atoms with E-state index in [2.05, 4.69) is 5.32 Å². The van der Waals surface area contributed by atoms with Crippen LogP contribution in [0.25, 0.3) is 10.8 Å². The number of ether oxygens (including phenoxy) is 1. The lowest BCUT2D eigenvalue weighted by Crippen LogP contribution is -2.38. The van der Waals surface area contributed by atoms with Gasteiger partial charge in [-0.2, -0.15) is 0 Å². The molecule has 1 heterocycles. The van der Waals surface area contributed by atoms with E-state index in [0.717, 1.165) is 16.5 Å². The third-order valence-corrected chi connectivity index (χ3v) is 5.09. The highest BCUT2D eigenvalue weighted by Crippen LogP contribution is 2.40. The Morgan fingerprint density at radius 1 is 1.11 bits per heavy atom. The number of anilines is 1. The van der Waals surface area contributed by atoms with Gasteiger partial charge in [0.2, 0.25) is 5.91 Å². The van der Waals surface area contributed by atoms with E-state index in [0.29, 0.717) is 29.4 Å². The average molecular weight is 395 g/mol. The molecule has 28 heavy (non-hydrogen) atoms. The van der Waals surface area contributed by atoms with Gasteiger partial charge in [-0.3, -0.25) is 9.59 Å². The molecule has 0 aromatic heterocycles. The number of nitrogens with zero attached hydrogens (tertiary/aromatic N) is 1. The van der Waals surface area contributed by atoms with Crippen molar-refractivity contribution in [1.82, 2.24) is 5.32 Å². The molecule has 3 aromatic rings. The summed E-state index contributed by atoms with van der Waals surface area (Å²) in [5, 5.41) is 5.30. The van der Waals surface area contributed by atoms with Gasteiger partial charge in [-0.1, -0.05) is 60.1 Å². The summed E-state index contributed by atoms with van der Waals surface area (Å²) in [6.45, 7) is 2.02. The lowest BCUT2D eigenvalue weighted by Gasteiger charge is -2.19. The Morgan fingerprint density at radius 2 is 1.86 bits per heavy atom. The van der Waals surface area contributed by atoms with Crippen molar-refractivity contribution in [3.63, 3.8) is 0 Å². The highest BCUT2D eigenvalue weighted by atomic mass is 35.5. The lowest BCUT2D eigenvalue weighted by atomic mass is 10.1. The van der Waals surface area contributed by atoms with Gasteiger partial charge in [0.15, 0.2) is 0 Å². The molecule has 6 heteroatoms. The first-order valence-electron chi connectivity index (χ1n) is 9.03. The second-order valence-corrected chi connectivity index (χ2v) is 7.03. The van der Waals surface area contributed by atoms with Crippen LogP contribution in [0.1, 0.15) is 18.5 Å². The van der Waals surface area contributed by atoms with E-state index < -0.39 is 6.04 Å². The molecule has 2 amide bonds. The molecule has 0 radical (unpaired) electrons. The van der Waals surface area contributed by atoms with Crippen molar-refractivity contribution >= 4 is 39.9 Å². The Kier molecular flexibility index (Phi) is 4.92. The van der Waals surface area contributed by atoms with Crippen molar-refractivity contribution in [2.45, 2.75) is 13.0 Å². The van der Waals surface area contributed by atoms with Gasteiger partial charge in [-0.05, 0) is 17.5 Å². The average Bonchev–Trinajstić information content (AvgIpc) is 2.95. The van der Waals surface area contributed by atoms with Crippen molar-refractivity contribution in [3.8, 4) is 5.75 Å². The fourth-order valence-electron chi connectivity index (χ4n) is 3.58. The number of carbonyl (C=O) groups is 2. The van der Waals surface area contributed by atoms with Crippen LogP contribution in [-0.4, -0.2) is 25.0 Å². The zero-order valence-electron chi connectivity index (χ0n) is 15.3. The molecule has 0 fully saturated rings. The fourth-order valence-corrected chi connectivity index (χ4v) is 3.87. The van der Waals surface area contributed by atoms with Gasteiger partial charge in [0, 0.05) is 17.9 Å². The van der Waals surface area contributed by atoms with Gasteiger partial charge < -0.3 is 15.0 Å². The van der Waals surface area contributed by atoms with Gasteiger partial charge >= 0.3 is 0 Å². The number of rotatable bonds is 5. The van der Waals surface area contributed by atoms with E-state index in [1.165, 1.54) is 6.92 Å². The predicted octanol–water partition coefficient (Wildman–Crippen LogP) is 4.10. The summed E-state index contributed by atoms with van der Waals surface area (Å²) in [6.07, 6.45) is 0. The fraction of sp³-hybridized carbons (Fsp3) is 0.182. The normalized spacial score (nSPS) is 15.6. The molecule has 0 bridgehead atoms. The van der Waals surface area contributed by atoms with E-state index in [9.17, 15) is 9.59 Å². The van der Waals surface area contributed by atoms with Crippen LogP contribution in [0.4, 0.5) is 5.69 Å². The first kappa shape index (κ1) is 18.3. The number of nitrogens with one attached hydrogen (secondary N) is 1. The van der Waals surface area contributed by atoms with Crippen molar-refractivity contribution in [3.05, 3.63) is 71.2 Å². The molecule has 0 saturated heterocycles. The minimum absolute atomic E-state index is 0.209. The molecular weight excluding hydrogens is 376 g/mol. The molecule has 5 nitrogen and oxygen atoms in total. The third kappa shape index (κ3) is 3.29. The second-order valence-electron chi connectivity index (χ2n) is 6.63. The van der Waals surface area contributed by atoms with Gasteiger partial charge in [-0.15, -0.1) is 0 Å². The molecule has 1 aliphatic rings. The van der Waals surface area contributed by atoms with Crippen LogP contribution >= 0.6 is 11.6 Å². The van der Waals surface area contributed by atoms with E-state index in [-0.39, 0.29) is 11.8 Å². The Bertz CT molecular complexity index is 1060. The SMILES string of the molecule is CC(=O)N[C@H]1C(=O)N(CCOc2cccc3ccccc23)c2c(Cl)cccc21. The molecule has 1 atom stereocenters. The van der Waals surface area contributed by atoms with Crippen molar-refractivity contribution < 1.29 is 14.3 Å². The monoisotopic (exact) mass is 394 g/mol. The minimum Gasteiger partial charge on any atom is -0.491 e. The number of hydrogen-bond donors (Lipinski definition) is 1. The Morgan fingerprint density at radius 3 is 2.68 bits per heavy atom. The summed E-state index contributed by atoms with van der Waals surface area (Å²) in [5.41, 5.74) is 1.34. The standard InChI is InChI=1S/C22H19ClN2O3/c1-14(26)24-20-17-9-5-10-18(23)21(17)25(22(20)27)12-13-28-19-11-4-7-15-6-2-3-8-16(15)19/h2-11,20H,12-13H2,1H3,(H,24,26)/t20-/m1/s1. The number of benzene rings is 3. The summed E-state index contributed by atoms with van der Waals surface area (Å²) in [5.74, 6) is 0.292. The second kappa shape index (κ2) is 7.52. The van der Waals surface area contributed by atoms with Gasteiger partial charge in [0.25, 0.3) is 5.91 Å². The minimum atomic E-state index is -0.719. The van der Waals surface area contributed by atoms with Gasteiger partial charge in [0.05, 0.1) is 17.3 Å². The first-order chi connectivity index (χ1) is 13.6. The quantitative estimate of drug-likeness (QED) is 0.708. The largest absolute Gasteiger partial charge is 0.491 e. The Labute approximate surface area is 167 Å². The summed E-state index contributed by atoms with van der Waals surface area (Å²) in [6, 6.07) is 18.5. The summed E-state index contributed by atoms with van der Waals surface area (Å²) < 4.78 is 5.98. The maximum atomic E-state index is 12.9. The van der Waals surface area contributed by atoms with Crippen LogP contribution in [-0.2, 0) is 9.59 Å². The van der Waals surface area contributed by atoms with E-state index in [1.54, 1.807) is 17.0 Å². The maximum Gasteiger partial charge on any atom is 0.254 e. The van der Waals surface area contributed by atoms with E-state index >= 15 is 0 Å². The summed E-state index contributed by atoms with van der Waals surface area (Å²) >= 11 is 6.36. The van der Waals surface area contributed by atoms with Crippen LogP contribution in [0.2, 0.25) is 5.02 Å². The third-order valence-electron chi connectivity index (χ3n) is 4.78. The number of halogens is 1. The topological polar surface area (TPSA) is 58.6 Å². The number of hydrogen-bond acceptors (Lipinski definition) is 3. The number of amides is 2. The lowest BCUT2D eigenvalue weighted by molar-refractivity contribution is -0.126. The molecule has 0 saturated carbocycles. The first-order valence-corrected chi connectivity index (χ1v) is 9.41. The summed E-state index contributed by atoms with van der Waals surface area (Å²) in [7, 11) is 0. The number of fused-ring (bicyclic) bond motifs is 2. The molecule has 0 spiro atoms. The van der Waals surface area contributed by atoms with Crippen LogP contribution < -0.4 is 15.0 Å². The smallest absolute Gasteiger partial charge is 0.254 e. The van der Waals surface area contributed by atoms with Gasteiger partial charge in [0.1, 0.15) is 18.4 Å². The van der Waals surface area contributed by atoms with Crippen LogP contribution in [0, 0.1) is 0 Å². The molecule has 0 aliphatic carbocycles. The number of para-hydroxylation sites is 1. The highest BCUT2D eigenvalue weighted by Gasteiger charge is 2.39. The maximum absolute atomic E-state index is 12.9. The Hall–Kier alpha value is -3.05. The Balaban J connectivity index is 1.55. The van der Waals surface area contributed by atoms with E-state index in [4.69, 9.17) is 16.3 Å². The molecule has 3 aromatic carbocycles. The molecule has 1 N–H and O–H groups in total. The van der Waals surface area contributed by atoms with Crippen molar-refractivity contribution in [2.24, 2.45) is 0 Å². The zero-order chi connectivity index (χ0) is 19.7. The van der Waals surface area contributed by atoms with Crippen LogP contribution in [0.15, 0.2) is 60.7 Å². The van der Waals surface area contributed by atoms with Crippen LogP contribution in [0.3, 0.4) is 0 Å².